The highest BCUT2D eigenvalue weighted by molar-refractivity contribution is 7.98. The van der Waals surface area contributed by atoms with Gasteiger partial charge in [0.2, 0.25) is 5.16 Å². The standard InChI is InChI=1S/C24H27N5O3S2/c1-15(2)16-5-8-19(9-6-16)32-12-22-27-28-24(29(22)25)34-14-18-13-33-23(26-18)17-7-10-20(30-3)21(11-17)31-4/h5-11,13,15H,12,14,25H2,1-4H3. The molecule has 0 spiro atoms. The van der Waals surface area contributed by atoms with Crippen LogP contribution in [0.1, 0.15) is 36.8 Å². The number of benzene rings is 2. The Hall–Kier alpha value is -3.24. The van der Waals surface area contributed by atoms with Crippen LogP contribution in [-0.2, 0) is 12.4 Å². The molecule has 8 nitrogen and oxygen atoms in total. The van der Waals surface area contributed by atoms with Crippen molar-refractivity contribution in [1.82, 2.24) is 19.9 Å². The van der Waals surface area contributed by atoms with Crippen molar-refractivity contribution in [2.75, 3.05) is 20.1 Å². The van der Waals surface area contributed by atoms with Gasteiger partial charge in [0, 0.05) is 16.7 Å². The Morgan fingerprint density at radius 2 is 1.79 bits per heavy atom. The number of ether oxygens (including phenoxy) is 3. The van der Waals surface area contributed by atoms with Gasteiger partial charge in [-0.15, -0.1) is 21.5 Å². The molecule has 2 N–H and O–H groups in total. The summed E-state index contributed by atoms with van der Waals surface area (Å²) in [6.45, 7) is 4.56. The summed E-state index contributed by atoms with van der Waals surface area (Å²) < 4.78 is 18.0. The monoisotopic (exact) mass is 497 g/mol. The molecule has 0 aliphatic rings. The summed E-state index contributed by atoms with van der Waals surface area (Å²) >= 11 is 3.05. The predicted molar refractivity (Wildman–Crippen MR) is 135 cm³/mol. The zero-order valence-corrected chi connectivity index (χ0v) is 21.2. The Balaban J connectivity index is 1.35. The van der Waals surface area contributed by atoms with Crippen molar-refractivity contribution in [2.45, 2.75) is 37.3 Å². The van der Waals surface area contributed by atoms with Crippen LogP contribution in [0.25, 0.3) is 10.6 Å². The molecule has 0 fully saturated rings. The van der Waals surface area contributed by atoms with Crippen molar-refractivity contribution in [3.63, 3.8) is 0 Å². The molecule has 0 unspecified atom stereocenters. The third-order valence-corrected chi connectivity index (χ3v) is 7.10. The third kappa shape index (κ3) is 5.45. The van der Waals surface area contributed by atoms with Crippen molar-refractivity contribution in [3.05, 3.63) is 64.9 Å². The largest absolute Gasteiger partial charge is 0.493 e. The van der Waals surface area contributed by atoms with Gasteiger partial charge >= 0.3 is 0 Å². The molecule has 4 aromatic rings. The van der Waals surface area contributed by atoms with Crippen LogP contribution in [-0.4, -0.2) is 34.1 Å². The number of nitrogens with two attached hydrogens (primary N) is 1. The minimum atomic E-state index is 0.241. The van der Waals surface area contributed by atoms with Gasteiger partial charge in [0.25, 0.3) is 0 Å². The van der Waals surface area contributed by atoms with Crippen LogP contribution >= 0.6 is 23.1 Å². The number of aromatic nitrogens is 4. The van der Waals surface area contributed by atoms with E-state index in [-0.39, 0.29) is 6.61 Å². The van der Waals surface area contributed by atoms with Gasteiger partial charge in [-0.2, -0.15) is 0 Å². The Kier molecular flexibility index (Phi) is 7.59. The van der Waals surface area contributed by atoms with Crippen molar-refractivity contribution in [1.29, 1.82) is 0 Å². The lowest BCUT2D eigenvalue weighted by Gasteiger charge is -2.09. The molecule has 178 valence electrons. The van der Waals surface area contributed by atoms with Gasteiger partial charge in [0.15, 0.2) is 17.3 Å². The molecule has 0 aliphatic heterocycles. The van der Waals surface area contributed by atoms with E-state index in [4.69, 9.17) is 25.0 Å². The van der Waals surface area contributed by atoms with E-state index in [1.54, 1.807) is 25.6 Å². The quantitative estimate of drug-likeness (QED) is 0.238. The Bertz CT molecular complexity index is 1240. The van der Waals surface area contributed by atoms with Crippen molar-refractivity contribution in [2.24, 2.45) is 0 Å². The van der Waals surface area contributed by atoms with E-state index in [1.165, 1.54) is 22.0 Å². The maximum absolute atomic E-state index is 6.20. The molecule has 0 aliphatic carbocycles. The highest BCUT2D eigenvalue weighted by atomic mass is 32.2. The van der Waals surface area contributed by atoms with Crippen molar-refractivity contribution >= 4 is 23.1 Å². The molecule has 0 atom stereocenters. The first-order valence-electron chi connectivity index (χ1n) is 10.7. The fourth-order valence-corrected chi connectivity index (χ4v) is 4.90. The zero-order valence-electron chi connectivity index (χ0n) is 19.5. The Morgan fingerprint density at radius 1 is 1.03 bits per heavy atom. The molecule has 0 amide bonds. The summed E-state index contributed by atoms with van der Waals surface area (Å²) in [6, 6.07) is 13.8. The maximum Gasteiger partial charge on any atom is 0.210 e. The van der Waals surface area contributed by atoms with Gasteiger partial charge in [-0.25, -0.2) is 9.66 Å². The summed E-state index contributed by atoms with van der Waals surface area (Å²) in [6.07, 6.45) is 0. The topological polar surface area (TPSA) is 97.3 Å². The van der Waals surface area contributed by atoms with Gasteiger partial charge in [-0.3, -0.25) is 0 Å². The second-order valence-corrected chi connectivity index (χ2v) is 9.58. The molecular weight excluding hydrogens is 470 g/mol. The zero-order chi connectivity index (χ0) is 24.1. The number of rotatable bonds is 10. The van der Waals surface area contributed by atoms with Crippen molar-refractivity contribution < 1.29 is 14.2 Å². The average Bonchev–Trinajstić information content (AvgIpc) is 3.47. The summed E-state index contributed by atoms with van der Waals surface area (Å²) in [5, 5.41) is 11.9. The molecule has 2 aromatic carbocycles. The minimum absolute atomic E-state index is 0.241. The smallest absolute Gasteiger partial charge is 0.210 e. The van der Waals surface area contributed by atoms with E-state index >= 15 is 0 Å². The van der Waals surface area contributed by atoms with Gasteiger partial charge in [-0.1, -0.05) is 37.7 Å². The number of hydrogen-bond acceptors (Lipinski definition) is 9. The normalized spacial score (nSPS) is 11.1. The molecule has 2 aromatic heterocycles. The molecular formula is C24H27N5O3S2. The van der Waals surface area contributed by atoms with Crippen LogP contribution in [0.15, 0.2) is 53.0 Å². The number of nitrogens with zero attached hydrogens (tertiary/aromatic N) is 4. The summed E-state index contributed by atoms with van der Waals surface area (Å²) in [4.78, 5) is 4.74. The van der Waals surface area contributed by atoms with Crippen LogP contribution in [0.3, 0.4) is 0 Å². The molecule has 0 bridgehead atoms. The van der Waals surface area contributed by atoms with Crippen LogP contribution in [0.5, 0.6) is 17.2 Å². The fourth-order valence-electron chi connectivity index (χ4n) is 3.21. The second kappa shape index (κ2) is 10.8. The number of nitrogen functional groups attached to an aromatic ring is 1. The first-order chi connectivity index (χ1) is 16.5. The number of thioether (sulfide) groups is 1. The van der Waals surface area contributed by atoms with Crippen LogP contribution < -0.4 is 20.1 Å². The lowest BCUT2D eigenvalue weighted by molar-refractivity contribution is 0.291. The first kappa shape index (κ1) is 23.9. The predicted octanol–water partition coefficient (Wildman–Crippen LogP) is 5.13. The summed E-state index contributed by atoms with van der Waals surface area (Å²) in [7, 11) is 3.24. The fraction of sp³-hybridized carbons (Fsp3) is 0.292. The van der Waals surface area contributed by atoms with E-state index in [1.807, 2.05) is 35.7 Å². The van der Waals surface area contributed by atoms with E-state index in [2.05, 4.69) is 36.2 Å². The second-order valence-electron chi connectivity index (χ2n) is 7.78. The molecule has 0 radical (unpaired) electrons. The summed E-state index contributed by atoms with van der Waals surface area (Å²) in [5.41, 5.74) is 3.18. The minimum Gasteiger partial charge on any atom is -0.493 e. The average molecular weight is 498 g/mol. The van der Waals surface area contributed by atoms with Gasteiger partial charge < -0.3 is 20.1 Å². The molecule has 10 heteroatoms. The lowest BCUT2D eigenvalue weighted by Crippen LogP contribution is -2.15. The molecule has 0 saturated carbocycles. The van der Waals surface area contributed by atoms with Crippen LogP contribution in [0.2, 0.25) is 0 Å². The van der Waals surface area contributed by atoms with Crippen LogP contribution in [0, 0.1) is 0 Å². The maximum atomic E-state index is 6.20. The molecule has 2 heterocycles. The number of hydrogen-bond donors (Lipinski definition) is 1. The molecule has 34 heavy (non-hydrogen) atoms. The van der Waals surface area contributed by atoms with Crippen molar-refractivity contribution in [3.8, 4) is 27.8 Å². The number of methoxy groups -OCH3 is 2. The lowest BCUT2D eigenvalue weighted by atomic mass is 10.0. The highest BCUT2D eigenvalue weighted by Gasteiger charge is 2.14. The van der Waals surface area contributed by atoms with Gasteiger partial charge in [0.1, 0.15) is 17.4 Å². The number of thiazole rings is 1. The van der Waals surface area contributed by atoms with E-state index < -0.39 is 0 Å². The first-order valence-corrected chi connectivity index (χ1v) is 12.6. The van der Waals surface area contributed by atoms with E-state index in [9.17, 15) is 0 Å². The molecule has 0 saturated heterocycles. The molecule has 4 rings (SSSR count). The third-order valence-electron chi connectivity index (χ3n) is 5.18. The SMILES string of the molecule is COc1ccc(-c2nc(CSc3nnc(COc4ccc(C(C)C)cc4)n3N)cs2)cc1OC. The van der Waals surface area contributed by atoms with Crippen LogP contribution in [0.4, 0.5) is 0 Å². The van der Waals surface area contributed by atoms with Gasteiger partial charge in [-0.05, 0) is 41.8 Å². The Morgan fingerprint density at radius 3 is 2.50 bits per heavy atom. The summed E-state index contributed by atoms with van der Waals surface area (Å²) in [5.74, 6) is 9.99. The van der Waals surface area contributed by atoms with Gasteiger partial charge in [0.05, 0.1) is 19.9 Å². The highest BCUT2D eigenvalue weighted by Crippen LogP contribution is 2.34. The van der Waals surface area contributed by atoms with E-state index in [0.717, 1.165) is 22.0 Å². The Labute approximate surface area is 207 Å². The van der Waals surface area contributed by atoms with E-state index in [0.29, 0.717) is 34.2 Å².